The van der Waals surface area contributed by atoms with E-state index in [0.29, 0.717) is 0 Å². The molecule has 0 aliphatic rings. The number of rotatable bonds is 1. The maximum atomic E-state index is 2.77. The molecule has 0 fully saturated rings. The minimum Gasteiger partial charge on any atom is -0.309 e. The summed E-state index contributed by atoms with van der Waals surface area (Å²) in [5, 5.41) is 3.80. The minimum absolute atomic E-state index is 1.20. The molecule has 4 aromatic rings. The first-order chi connectivity index (χ1) is 9.84. The van der Waals surface area contributed by atoms with E-state index >= 15 is 0 Å². The van der Waals surface area contributed by atoms with Crippen LogP contribution in [0.5, 0.6) is 0 Å². The highest BCUT2D eigenvalue weighted by atomic mass is 31.0. The van der Waals surface area contributed by atoms with E-state index in [0.717, 1.165) is 0 Å². The number of hydrogen-bond acceptors (Lipinski definition) is 0. The van der Waals surface area contributed by atoms with Crippen molar-refractivity contribution in [3.05, 3.63) is 72.8 Å². The van der Waals surface area contributed by atoms with Gasteiger partial charge in [-0.15, -0.1) is 9.24 Å². The van der Waals surface area contributed by atoms with Crippen molar-refractivity contribution in [2.45, 2.75) is 0 Å². The molecule has 1 unspecified atom stereocenters. The topological polar surface area (TPSA) is 4.93 Å². The number of hydrogen-bond donors (Lipinski definition) is 0. The number of aromatic nitrogens is 1. The van der Waals surface area contributed by atoms with Gasteiger partial charge in [-0.3, -0.25) is 0 Å². The quantitative estimate of drug-likeness (QED) is 0.457. The van der Waals surface area contributed by atoms with Crippen LogP contribution in [-0.2, 0) is 0 Å². The highest BCUT2D eigenvalue weighted by Gasteiger charge is 2.10. The highest BCUT2D eigenvalue weighted by Crippen LogP contribution is 2.31. The second kappa shape index (κ2) is 4.47. The molecule has 1 atom stereocenters. The summed E-state index contributed by atoms with van der Waals surface area (Å²) in [6.07, 6.45) is 0. The van der Waals surface area contributed by atoms with Crippen LogP contribution in [0.25, 0.3) is 27.5 Å². The van der Waals surface area contributed by atoms with E-state index in [4.69, 9.17) is 0 Å². The van der Waals surface area contributed by atoms with Crippen molar-refractivity contribution in [1.29, 1.82) is 0 Å². The van der Waals surface area contributed by atoms with E-state index in [1.807, 2.05) is 0 Å². The van der Waals surface area contributed by atoms with Crippen molar-refractivity contribution >= 4 is 36.4 Å². The van der Waals surface area contributed by atoms with Crippen LogP contribution in [0.15, 0.2) is 72.8 Å². The van der Waals surface area contributed by atoms with Crippen molar-refractivity contribution < 1.29 is 0 Å². The number of para-hydroxylation sites is 2. The molecule has 96 valence electrons. The molecule has 0 bridgehead atoms. The maximum Gasteiger partial charge on any atom is 0.0541 e. The largest absolute Gasteiger partial charge is 0.309 e. The molecule has 20 heavy (non-hydrogen) atoms. The lowest BCUT2D eigenvalue weighted by atomic mass is 10.2. The SMILES string of the molecule is Pc1cccc(-n2c3ccccc3c3ccccc32)c1. The van der Waals surface area contributed by atoms with Crippen LogP contribution in [0.1, 0.15) is 0 Å². The van der Waals surface area contributed by atoms with Crippen molar-refractivity contribution in [2.24, 2.45) is 0 Å². The third-order valence-electron chi connectivity index (χ3n) is 3.71. The van der Waals surface area contributed by atoms with Gasteiger partial charge in [-0.05, 0) is 29.6 Å². The van der Waals surface area contributed by atoms with Gasteiger partial charge in [-0.1, -0.05) is 48.5 Å². The molecule has 3 aromatic carbocycles. The van der Waals surface area contributed by atoms with Crippen molar-refractivity contribution in [3.8, 4) is 5.69 Å². The Hall–Kier alpha value is -2.11. The molecular formula is C18H14NP. The summed E-state index contributed by atoms with van der Waals surface area (Å²) < 4.78 is 2.33. The fourth-order valence-corrected chi connectivity index (χ4v) is 3.15. The minimum atomic E-state index is 1.20. The maximum absolute atomic E-state index is 2.77. The van der Waals surface area contributed by atoms with Crippen LogP contribution in [-0.4, -0.2) is 4.57 Å². The normalized spacial score (nSPS) is 11.2. The zero-order chi connectivity index (χ0) is 13.5. The lowest BCUT2D eigenvalue weighted by Gasteiger charge is -2.08. The molecule has 0 aliphatic heterocycles. The predicted molar refractivity (Wildman–Crippen MR) is 90.1 cm³/mol. The Kier molecular flexibility index (Phi) is 2.61. The van der Waals surface area contributed by atoms with Crippen LogP contribution in [0.2, 0.25) is 0 Å². The third kappa shape index (κ3) is 1.67. The van der Waals surface area contributed by atoms with Crippen LogP contribution in [0.3, 0.4) is 0 Å². The lowest BCUT2D eigenvalue weighted by Crippen LogP contribution is -1.98. The summed E-state index contributed by atoms with van der Waals surface area (Å²) in [4.78, 5) is 0. The molecule has 0 saturated heterocycles. The Bertz CT molecular complexity index is 868. The van der Waals surface area contributed by atoms with E-state index in [1.165, 1.54) is 32.8 Å². The van der Waals surface area contributed by atoms with Gasteiger partial charge in [0, 0.05) is 16.5 Å². The Morgan fingerprint density at radius 3 is 1.85 bits per heavy atom. The van der Waals surface area contributed by atoms with Gasteiger partial charge in [0.05, 0.1) is 11.0 Å². The Morgan fingerprint density at radius 2 is 1.25 bits per heavy atom. The van der Waals surface area contributed by atoms with E-state index in [-0.39, 0.29) is 0 Å². The zero-order valence-corrected chi connectivity index (χ0v) is 12.1. The van der Waals surface area contributed by atoms with E-state index in [2.05, 4.69) is 86.6 Å². The summed E-state index contributed by atoms with van der Waals surface area (Å²) in [5.74, 6) is 0. The third-order valence-corrected chi connectivity index (χ3v) is 4.07. The number of nitrogens with zero attached hydrogens (tertiary/aromatic N) is 1. The van der Waals surface area contributed by atoms with Gasteiger partial charge in [0.2, 0.25) is 0 Å². The fraction of sp³-hybridized carbons (Fsp3) is 0. The van der Waals surface area contributed by atoms with Gasteiger partial charge in [0.1, 0.15) is 0 Å². The molecule has 4 rings (SSSR count). The molecule has 1 heterocycles. The van der Waals surface area contributed by atoms with Gasteiger partial charge in [-0.25, -0.2) is 0 Å². The van der Waals surface area contributed by atoms with Crippen LogP contribution in [0, 0.1) is 0 Å². The molecule has 1 aromatic heterocycles. The molecule has 2 heteroatoms. The molecule has 0 amide bonds. The highest BCUT2D eigenvalue weighted by molar-refractivity contribution is 7.27. The molecule has 0 saturated carbocycles. The summed E-state index contributed by atoms with van der Waals surface area (Å²) in [6, 6.07) is 25.7. The molecular weight excluding hydrogens is 261 g/mol. The summed E-state index contributed by atoms with van der Waals surface area (Å²) in [7, 11) is 2.77. The van der Waals surface area contributed by atoms with Gasteiger partial charge in [-0.2, -0.15) is 0 Å². The molecule has 1 nitrogen and oxygen atoms in total. The van der Waals surface area contributed by atoms with Crippen LogP contribution >= 0.6 is 9.24 Å². The van der Waals surface area contributed by atoms with E-state index in [1.54, 1.807) is 0 Å². The van der Waals surface area contributed by atoms with Gasteiger partial charge < -0.3 is 4.57 Å². The summed E-state index contributed by atoms with van der Waals surface area (Å²) in [6.45, 7) is 0. The van der Waals surface area contributed by atoms with E-state index in [9.17, 15) is 0 Å². The summed E-state index contributed by atoms with van der Waals surface area (Å²) in [5.41, 5.74) is 3.71. The van der Waals surface area contributed by atoms with E-state index < -0.39 is 0 Å². The Labute approximate surface area is 120 Å². The van der Waals surface area contributed by atoms with Crippen molar-refractivity contribution in [2.75, 3.05) is 0 Å². The average Bonchev–Trinajstić information content (AvgIpc) is 2.82. The monoisotopic (exact) mass is 275 g/mol. The first kappa shape index (κ1) is 11.7. The van der Waals surface area contributed by atoms with Crippen LogP contribution < -0.4 is 5.30 Å². The number of benzene rings is 3. The van der Waals surface area contributed by atoms with Crippen LogP contribution in [0.4, 0.5) is 0 Å². The predicted octanol–water partition coefficient (Wildman–Crippen LogP) is 4.28. The fourth-order valence-electron chi connectivity index (χ4n) is 2.86. The molecule has 0 radical (unpaired) electrons. The van der Waals surface area contributed by atoms with Gasteiger partial charge in [0.15, 0.2) is 0 Å². The molecule has 0 N–H and O–H groups in total. The molecule has 0 spiro atoms. The van der Waals surface area contributed by atoms with Crippen molar-refractivity contribution in [3.63, 3.8) is 0 Å². The summed E-state index contributed by atoms with van der Waals surface area (Å²) >= 11 is 0. The zero-order valence-electron chi connectivity index (χ0n) is 11.0. The van der Waals surface area contributed by atoms with Crippen molar-refractivity contribution in [1.82, 2.24) is 4.57 Å². The second-order valence-electron chi connectivity index (χ2n) is 4.96. The lowest BCUT2D eigenvalue weighted by molar-refractivity contribution is 1.18. The second-order valence-corrected chi connectivity index (χ2v) is 5.63. The standard InChI is InChI=1S/C18H14NP/c20-14-7-5-6-13(12-14)19-17-10-3-1-8-15(17)16-9-2-4-11-18(16)19/h1-12H,20H2. The smallest absolute Gasteiger partial charge is 0.0541 e. The van der Waals surface area contributed by atoms with Gasteiger partial charge >= 0.3 is 0 Å². The Morgan fingerprint density at radius 1 is 0.650 bits per heavy atom. The number of fused-ring (bicyclic) bond motifs is 3. The van der Waals surface area contributed by atoms with Gasteiger partial charge in [0.25, 0.3) is 0 Å². The first-order valence-electron chi connectivity index (χ1n) is 6.69. The first-order valence-corrected chi connectivity index (χ1v) is 7.26. The Balaban J connectivity index is 2.21. The molecule has 0 aliphatic carbocycles. The average molecular weight is 275 g/mol.